The molecule has 0 heterocycles. The fourth-order valence-electron chi connectivity index (χ4n) is 2.24. The summed E-state index contributed by atoms with van der Waals surface area (Å²) in [5.41, 5.74) is 21.5. The number of ether oxygens (including phenoxy) is 4. The lowest BCUT2D eigenvalue weighted by molar-refractivity contribution is 0.0104. The van der Waals surface area contributed by atoms with E-state index in [2.05, 4.69) is 0 Å². The molecular weight excluding hydrogens is 276 g/mol. The average molecular weight is 308 g/mol. The van der Waals surface area contributed by atoms with Gasteiger partial charge in [0.05, 0.1) is 26.9 Å². The van der Waals surface area contributed by atoms with Gasteiger partial charge in [0.25, 0.3) is 0 Å². The molecule has 0 aliphatic rings. The molecule has 0 aromatic carbocycles. The second kappa shape index (κ2) is 14.6. The van der Waals surface area contributed by atoms with Gasteiger partial charge in [0.1, 0.15) is 0 Å². The van der Waals surface area contributed by atoms with E-state index in [0.29, 0.717) is 26.4 Å². The van der Waals surface area contributed by atoms with Gasteiger partial charge in [0.15, 0.2) is 0 Å². The highest BCUT2D eigenvalue weighted by Gasteiger charge is 2.29. The van der Waals surface area contributed by atoms with Crippen LogP contribution < -0.4 is 22.9 Å². The third kappa shape index (κ3) is 11.0. The molecule has 0 aliphatic carbocycles. The van der Waals surface area contributed by atoms with Crippen LogP contribution in [-0.4, -0.2) is 53.4 Å². The summed E-state index contributed by atoms with van der Waals surface area (Å²) < 4.78 is 21.2. The normalized spacial score (nSPS) is 12.0. The first kappa shape index (κ1) is 20.7. The van der Waals surface area contributed by atoms with E-state index in [4.69, 9.17) is 41.9 Å². The molecule has 0 atom stereocenters. The second-order valence-corrected chi connectivity index (χ2v) is 4.80. The van der Waals surface area contributed by atoms with E-state index < -0.39 is 0 Å². The van der Waals surface area contributed by atoms with Crippen LogP contribution in [0.5, 0.6) is 0 Å². The zero-order chi connectivity index (χ0) is 15.8. The van der Waals surface area contributed by atoms with Gasteiger partial charge in [-0.3, -0.25) is 0 Å². The van der Waals surface area contributed by atoms with Crippen molar-refractivity contribution in [1.82, 2.24) is 0 Å². The Hall–Kier alpha value is -0.320. The minimum absolute atomic E-state index is 0.0192. The molecule has 0 aromatic rings. The Kier molecular flexibility index (Phi) is 14.4. The van der Waals surface area contributed by atoms with E-state index >= 15 is 0 Å². The second-order valence-electron chi connectivity index (χ2n) is 4.80. The smallest absolute Gasteiger partial charge is 0.0940 e. The summed E-state index contributed by atoms with van der Waals surface area (Å²) in [7, 11) is 0. The summed E-state index contributed by atoms with van der Waals surface area (Å²) in [5, 5.41) is 0. The van der Waals surface area contributed by atoms with Crippen LogP contribution in [0.15, 0.2) is 0 Å². The van der Waals surface area contributed by atoms with Crippen LogP contribution >= 0.6 is 0 Å². The summed E-state index contributed by atoms with van der Waals surface area (Å²) >= 11 is 0. The van der Waals surface area contributed by atoms with Gasteiger partial charge >= 0.3 is 0 Å². The summed E-state index contributed by atoms with van der Waals surface area (Å²) in [6.45, 7) is 3.22. The predicted octanol–water partition coefficient (Wildman–Crippen LogP) is -0.736. The minimum atomic E-state index is -0.0192. The van der Waals surface area contributed by atoms with Gasteiger partial charge in [-0.25, -0.2) is 0 Å². The Labute approximate surface area is 127 Å². The van der Waals surface area contributed by atoms with Crippen molar-refractivity contribution in [3.05, 3.63) is 0 Å². The molecule has 0 amide bonds. The standard InChI is InChI=1S/C13H32N4O4/c14-9-18-5-1-13(2-6-19-10-15,3-7-20-11-16)4-8-21-12-17/h1-12,14-17H2. The maximum Gasteiger partial charge on any atom is 0.0940 e. The lowest BCUT2D eigenvalue weighted by Crippen LogP contribution is -2.30. The summed E-state index contributed by atoms with van der Waals surface area (Å²) in [4.78, 5) is 0. The maximum atomic E-state index is 5.38. The van der Waals surface area contributed by atoms with Crippen molar-refractivity contribution in [2.75, 3.05) is 53.4 Å². The fourth-order valence-corrected chi connectivity index (χ4v) is 2.24. The number of rotatable bonds is 16. The Balaban J connectivity index is 4.52. The Bertz CT molecular complexity index is 177. The monoisotopic (exact) mass is 308 g/mol. The van der Waals surface area contributed by atoms with Crippen molar-refractivity contribution >= 4 is 0 Å². The van der Waals surface area contributed by atoms with Crippen molar-refractivity contribution in [1.29, 1.82) is 0 Å². The first-order chi connectivity index (χ1) is 10.2. The molecule has 21 heavy (non-hydrogen) atoms. The molecule has 0 unspecified atom stereocenters. The van der Waals surface area contributed by atoms with E-state index in [9.17, 15) is 0 Å². The third-order valence-corrected chi connectivity index (χ3v) is 3.58. The molecule has 0 rings (SSSR count). The van der Waals surface area contributed by atoms with Gasteiger partial charge in [-0.05, 0) is 31.1 Å². The molecule has 0 aromatic heterocycles. The molecule has 0 fully saturated rings. The Morgan fingerprint density at radius 1 is 0.476 bits per heavy atom. The molecule has 0 bridgehead atoms. The van der Waals surface area contributed by atoms with Crippen molar-refractivity contribution in [2.24, 2.45) is 28.3 Å². The highest BCUT2D eigenvalue weighted by molar-refractivity contribution is 4.79. The highest BCUT2D eigenvalue weighted by Crippen LogP contribution is 2.35. The van der Waals surface area contributed by atoms with Crippen molar-refractivity contribution < 1.29 is 18.9 Å². The average Bonchev–Trinajstić information content (AvgIpc) is 2.48. The molecule has 128 valence electrons. The lowest BCUT2D eigenvalue weighted by Gasteiger charge is -2.34. The van der Waals surface area contributed by atoms with E-state index in [1.807, 2.05) is 0 Å². The molecule has 0 radical (unpaired) electrons. The van der Waals surface area contributed by atoms with Crippen LogP contribution in [0.4, 0.5) is 0 Å². The van der Waals surface area contributed by atoms with Crippen LogP contribution in [-0.2, 0) is 18.9 Å². The van der Waals surface area contributed by atoms with Crippen molar-refractivity contribution in [3.8, 4) is 0 Å². The molecule has 8 heteroatoms. The largest absolute Gasteiger partial charge is 0.367 e. The first-order valence-corrected chi connectivity index (χ1v) is 7.36. The van der Waals surface area contributed by atoms with Crippen molar-refractivity contribution in [2.45, 2.75) is 25.7 Å². The summed E-state index contributed by atoms with van der Waals surface area (Å²) in [6.07, 6.45) is 3.39. The molecular formula is C13H32N4O4. The zero-order valence-electron chi connectivity index (χ0n) is 12.9. The Morgan fingerprint density at radius 2 is 0.714 bits per heavy atom. The molecule has 0 saturated heterocycles. The van der Waals surface area contributed by atoms with Crippen LogP contribution in [0.25, 0.3) is 0 Å². The molecule has 0 spiro atoms. The highest BCUT2D eigenvalue weighted by atomic mass is 16.5. The predicted molar refractivity (Wildman–Crippen MR) is 80.9 cm³/mol. The number of hydrogen-bond donors (Lipinski definition) is 4. The Morgan fingerprint density at radius 3 is 0.905 bits per heavy atom. The van der Waals surface area contributed by atoms with Gasteiger partial charge in [0, 0.05) is 26.4 Å². The van der Waals surface area contributed by atoms with E-state index in [-0.39, 0.29) is 32.3 Å². The lowest BCUT2D eigenvalue weighted by atomic mass is 9.76. The van der Waals surface area contributed by atoms with Gasteiger partial charge in [0.2, 0.25) is 0 Å². The first-order valence-electron chi connectivity index (χ1n) is 7.36. The quantitative estimate of drug-likeness (QED) is 0.216. The van der Waals surface area contributed by atoms with E-state index in [0.717, 1.165) is 25.7 Å². The van der Waals surface area contributed by atoms with Crippen LogP contribution in [0, 0.1) is 5.41 Å². The number of nitrogens with two attached hydrogens (primary N) is 4. The zero-order valence-corrected chi connectivity index (χ0v) is 12.9. The van der Waals surface area contributed by atoms with E-state index in [1.165, 1.54) is 0 Å². The summed E-state index contributed by atoms with van der Waals surface area (Å²) in [6, 6.07) is 0. The SMILES string of the molecule is NCOCCC(CCOCN)(CCOCN)CCOCN. The number of hydrogen-bond acceptors (Lipinski definition) is 8. The molecule has 8 N–H and O–H groups in total. The molecule has 0 saturated carbocycles. The third-order valence-electron chi connectivity index (χ3n) is 3.58. The van der Waals surface area contributed by atoms with Gasteiger partial charge < -0.3 is 41.9 Å². The van der Waals surface area contributed by atoms with Crippen molar-refractivity contribution in [3.63, 3.8) is 0 Å². The van der Waals surface area contributed by atoms with Gasteiger partial charge in [-0.15, -0.1) is 0 Å². The molecule has 0 aliphatic heterocycles. The van der Waals surface area contributed by atoms with Crippen LogP contribution in [0.2, 0.25) is 0 Å². The van der Waals surface area contributed by atoms with Crippen LogP contribution in [0.1, 0.15) is 25.7 Å². The molecule has 8 nitrogen and oxygen atoms in total. The summed E-state index contributed by atoms with van der Waals surface area (Å²) in [5.74, 6) is 0. The topological polar surface area (TPSA) is 141 Å². The van der Waals surface area contributed by atoms with Gasteiger partial charge in [-0.2, -0.15) is 0 Å². The maximum absolute atomic E-state index is 5.38. The van der Waals surface area contributed by atoms with E-state index in [1.54, 1.807) is 0 Å². The van der Waals surface area contributed by atoms with Crippen LogP contribution in [0.3, 0.4) is 0 Å². The fraction of sp³-hybridized carbons (Fsp3) is 1.00. The van der Waals surface area contributed by atoms with Gasteiger partial charge in [-0.1, -0.05) is 0 Å². The minimum Gasteiger partial charge on any atom is -0.367 e.